The summed E-state index contributed by atoms with van der Waals surface area (Å²) >= 11 is 0. The molecule has 0 fully saturated rings. The van der Waals surface area contributed by atoms with Crippen molar-refractivity contribution in [3.05, 3.63) is 36.4 Å². The van der Waals surface area contributed by atoms with E-state index in [1.165, 1.54) is 0 Å². The summed E-state index contributed by atoms with van der Waals surface area (Å²) in [5.74, 6) is 1.62. The maximum atomic E-state index is 4.40. The van der Waals surface area contributed by atoms with Crippen LogP contribution in [0, 0.1) is 6.92 Å². The lowest BCUT2D eigenvalue weighted by Gasteiger charge is -2.06. The fourth-order valence-electron chi connectivity index (χ4n) is 1.50. The van der Waals surface area contributed by atoms with Crippen LogP contribution in [0.4, 0.5) is 5.82 Å². The van der Waals surface area contributed by atoms with Crippen LogP contribution in [-0.4, -0.2) is 21.5 Å². The van der Waals surface area contributed by atoms with E-state index in [0.717, 1.165) is 29.4 Å². The zero-order valence-electron chi connectivity index (χ0n) is 9.44. The highest BCUT2D eigenvalue weighted by Gasteiger charge is 2.03. The van der Waals surface area contributed by atoms with Gasteiger partial charge < -0.3 is 5.32 Å². The van der Waals surface area contributed by atoms with E-state index in [0.29, 0.717) is 0 Å². The first kappa shape index (κ1) is 10.5. The minimum atomic E-state index is 0.761. The van der Waals surface area contributed by atoms with Gasteiger partial charge in [0.2, 0.25) is 0 Å². The van der Waals surface area contributed by atoms with Gasteiger partial charge >= 0.3 is 0 Å². The Bertz CT molecular complexity index is 468. The second kappa shape index (κ2) is 4.70. The number of pyridine rings is 1. The van der Waals surface area contributed by atoms with Gasteiger partial charge in [-0.25, -0.2) is 9.97 Å². The number of aromatic nitrogens is 3. The zero-order chi connectivity index (χ0) is 11.4. The first-order valence-corrected chi connectivity index (χ1v) is 5.29. The minimum Gasteiger partial charge on any atom is -0.370 e. The van der Waals surface area contributed by atoms with Crippen LogP contribution in [0.2, 0.25) is 0 Å². The lowest BCUT2D eigenvalue weighted by Crippen LogP contribution is -2.02. The predicted molar refractivity (Wildman–Crippen MR) is 64.2 cm³/mol. The Balaban J connectivity index is 2.41. The molecule has 0 spiro atoms. The average molecular weight is 214 g/mol. The van der Waals surface area contributed by atoms with Crippen LogP contribution >= 0.6 is 0 Å². The molecule has 4 heteroatoms. The monoisotopic (exact) mass is 214 g/mol. The minimum absolute atomic E-state index is 0.761. The van der Waals surface area contributed by atoms with Gasteiger partial charge in [0.1, 0.15) is 11.6 Å². The third-order valence-electron chi connectivity index (χ3n) is 2.15. The molecule has 0 aromatic carbocycles. The lowest BCUT2D eigenvalue weighted by molar-refractivity contribution is 1.04. The molecule has 1 N–H and O–H groups in total. The molecule has 0 saturated heterocycles. The Kier molecular flexibility index (Phi) is 3.10. The van der Waals surface area contributed by atoms with Gasteiger partial charge in [-0.3, -0.25) is 4.98 Å². The molecule has 2 aromatic rings. The SMILES string of the molecule is CCNc1cc(-c2cccnc2)nc(C)n1. The second-order valence-corrected chi connectivity index (χ2v) is 3.46. The van der Waals surface area contributed by atoms with Crippen LogP contribution in [0.3, 0.4) is 0 Å². The molecule has 0 radical (unpaired) electrons. The Labute approximate surface area is 94.8 Å². The summed E-state index contributed by atoms with van der Waals surface area (Å²) in [7, 11) is 0. The van der Waals surface area contributed by atoms with Crippen molar-refractivity contribution in [3.8, 4) is 11.3 Å². The average Bonchev–Trinajstić information content (AvgIpc) is 2.30. The smallest absolute Gasteiger partial charge is 0.130 e. The third-order valence-corrected chi connectivity index (χ3v) is 2.15. The highest BCUT2D eigenvalue weighted by atomic mass is 15.0. The standard InChI is InChI=1S/C12H14N4/c1-3-14-12-7-11(15-9(2)16-12)10-5-4-6-13-8-10/h4-8H,3H2,1-2H3,(H,14,15,16). The molecule has 82 valence electrons. The quantitative estimate of drug-likeness (QED) is 0.851. The van der Waals surface area contributed by atoms with Gasteiger partial charge in [-0.05, 0) is 26.0 Å². The van der Waals surface area contributed by atoms with Crippen molar-refractivity contribution in [3.63, 3.8) is 0 Å². The number of nitrogens with one attached hydrogen (secondary N) is 1. The lowest BCUT2D eigenvalue weighted by atomic mass is 10.2. The van der Waals surface area contributed by atoms with Crippen molar-refractivity contribution in [2.75, 3.05) is 11.9 Å². The molecule has 2 rings (SSSR count). The third kappa shape index (κ3) is 2.34. The first-order chi connectivity index (χ1) is 7.79. The van der Waals surface area contributed by atoms with Crippen LogP contribution in [0.15, 0.2) is 30.6 Å². The van der Waals surface area contributed by atoms with Crippen LogP contribution < -0.4 is 5.32 Å². The van der Waals surface area contributed by atoms with E-state index in [9.17, 15) is 0 Å². The number of aryl methyl sites for hydroxylation is 1. The maximum absolute atomic E-state index is 4.40. The highest BCUT2D eigenvalue weighted by molar-refractivity contribution is 5.61. The van der Waals surface area contributed by atoms with Crippen LogP contribution in [0.25, 0.3) is 11.3 Å². The topological polar surface area (TPSA) is 50.7 Å². The van der Waals surface area contributed by atoms with Crippen molar-refractivity contribution >= 4 is 5.82 Å². The summed E-state index contributed by atoms with van der Waals surface area (Å²) in [5.41, 5.74) is 1.91. The van der Waals surface area contributed by atoms with Crippen molar-refractivity contribution in [1.82, 2.24) is 15.0 Å². The van der Waals surface area contributed by atoms with Gasteiger partial charge in [0, 0.05) is 30.6 Å². The molecule has 0 bridgehead atoms. The van der Waals surface area contributed by atoms with Crippen LogP contribution in [-0.2, 0) is 0 Å². The van der Waals surface area contributed by atoms with Crippen molar-refractivity contribution in [2.45, 2.75) is 13.8 Å². The van der Waals surface area contributed by atoms with E-state index in [1.54, 1.807) is 12.4 Å². The van der Waals surface area contributed by atoms with E-state index < -0.39 is 0 Å². The normalized spacial score (nSPS) is 10.1. The van der Waals surface area contributed by atoms with E-state index in [4.69, 9.17) is 0 Å². The Morgan fingerprint density at radius 1 is 1.31 bits per heavy atom. The molecular formula is C12H14N4. The largest absolute Gasteiger partial charge is 0.370 e. The molecule has 16 heavy (non-hydrogen) atoms. The van der Waals surface area contributed by atoms with Gasteiger partial charge in [0.15, 0.2) is 0 Å². The predicted octanol–water partition coefficient (Wildman–Crippen LogP) is 2.28. The second-order valence-electron chi connectivity index (χ2n) is 3.46. The molecule has 0 aliphatic rings. The van der Waals surface area contributed by atoms with Gasteiger partial charge in [-0.15, -0.1) is 0 Å². The number of hydrogen-bond donors (Lipinski definition) is 1. The van der Waals surface area contributed by atoms with Crippen LogP contribution in [0.5, 0.6) is 0 Å². The van der Waals surface area contributed by atoms with E-state index >= 15 is 0 Å². The molecule has 0 amide bonds. The van der Waals surface area contributed by atoms with Crippen molar-refractivity contribution in [2.24, 2.45) is 0 Å². The van der Waals surface area contributed by atoms with Gasteiger partial charge in [0.05, 0.1) is 5.69 Å². The highest BCUT2D eigenvalue weighted by Crippen LogP contribution is 2.18. The van der Waals surface area contributed by atoms with Crippen molar-refractivity contribution in [1.29, 1.82) is 0 Å². The molecule has 0 unspecified atom stereocenters. The van der Waals surface area contributed by atoms with Gasteiger partial charge in [-0.1, -0.05) is 0 Å². The molecule has 0 aliphatic heterocycles. The Morgan fingerprint density at radius 3 is 2.88 bits per heavy atom. The van der Waals surface area contributed by atoms with E-state index in [1.807, 2.05) is 32.0 Å². The van der Waals surface area contributed by atoms with Crippen LogP contribution in [0.1, 0.15) is 12.7 Å². The summed E-state index contributed by atoms with van der Waals surface area (Å²) in [5, 5.41) is 3.19. The molecule has 2 aromatic heterocycles. The maximum Gasteiger partial charge on any atom is 0.130 e. The number of anilines is 1. The number of rotatable bonds is 3. The zero-order valence-corrected chi connectivity index (χ0v) is 9.44. The van der Waals surface area contributed by atoms with E-state index in [2.05, 4.69) is 20.3 Å². The first-order valence-electron chi connectivity index (χ1n) is 5.29. The van der Waals surface area contributed by atoms with Gasteiger partial charge in [0.25, 0.3) is 0 Å². The number of nitrogens with zero attached hydrogens (tertiary/aromatic N) is 3. The fraction of sp³-hybridized carbons (Fsp3) is 0.250. The van der Waals surface area contributed by atoms with Gasteiger partial charge in [-0.2, -0.15) is 0 Å². The summed E-state index contributed by atoms with van der Waals surface area (Å²) in [6.45, 7) is 4.78. The molecule has 4 nitrogen and oxygen atoms in total. The summed E-state index contributed by atoms with van der Waals surface area (Å²) in [4.78, 5) is 12.8. The molecule has 2 heterocycles. The number of hydrogen-bond acceptors (Lipinski definition) is 4. The summed E-state index contributed by atoms with van der Waals surface area (Å²) in [6, 6.07) is 5.83. The molecular weight excluding hydrogens is 200 g/mol. The molecule has 0 aliphatic carbocycles. The Hall–Kier alpha value is -1.97. The summed E-state index contributed by atoms with van der Waals surface area (Å²) < 4.78 is 0. The van der Waals surface area contributed by atoms with E-state index in [-0.39, 0.29) is 0 Å². The molecule has 0 atom stereocenters. The fourth-order valence-corrected chi connectivity index (χ4v) is 1.50. The Morgan fingerprint density at radius 2 is 2.19 bits per heavy atom. The molecule has 0 saturated carbocycles. The van der Waals surface area contributed by atoms with Crippen molar-refractivity contribution < 1.29 is 0 Å². The summed E-state index contributed by atoms with van der Waals surface area (Å²) in [6.07, 6.45) is 3.56.